The molecule has 0 bridgehead atoms. The van der Waals surface area contributed by atoms with E-state index in [0.717, 1.165) is 10.0 Å². The first kappa shape index (κ1) is 12.8. The van der Waals surface area contributed by atoms with E-state index in [1.165, 1.54) is 7.11 Å². The van der Waals surface area contributed by atoms with E-state index < -0.39 is 0 Å². The van der Waals surface area contributed by atoms with Gasteiger partial charge in [0.25, 0.3) is 0 Å². The van der Waals surface area contributed by atoms with Crippen LogP contribution in [0.2, 0.25) is 0 Å². The van der Waals surface area contributed by atoms with Gasteiger partial charge in [0.05, 0.1) is 7.11 Å². The van der Waals surface area contributed by atoms with Crippen molar-refractivity contribution in [2.24, 2.45) is 0 Å². The molecule has 18 heavy (non-hydrogen) atoms. The largest absolute Gasteiger partial charge is 0.502 e. The van der Waals surface area contributed by atoms with E-state index in [4.69, 9.17) is 9.47 Å². The first-order valence-electron chi connectivity index (χ1n) is 5.44. The Hall–Kier alpha value is -1.68. The molecule has 2 rings (SSSR count). The molecule has 4 heteroatoms. The Kier molecular flexibility index (Phi) is 4.10. The van der Waals surface area contributed by atoms with Crippen LogP contribution in [0.25, 0.3) is 0 Å². The number of halogens is 1. The topological polar surface area (TPSA) is 38.7 Å². The van der Waals surface area contributed by atoms with Crippen LogP contribution in [0.5, 0.6) is 17.2 Å². The number of methoxy groups -OCH3 is 1. The van der Waals surface area contributed by atoms with Gasteiger partial charge in [-0.3, -0.25) is 0 Å². The van der Waals surface area contributed by atoms with Crippen LogP contribution >= 0.6 is 15.9 Å². The molecular weight excluding hydrogens is 296 g/mol. The average molecular weight is 309 g/mol. The van der Waals surface area contributed by atoms with Gasteiger partial charge in [0.2, 0.25) is 5.75 Å². The summed E-state index contributed by atoms with van der Waals surface area (Å²) < 4.78 is 11.4. The number of aromatic hydroxyl groups is 1. The third-order valence-corrected chi connectivity index (χ3v) is 2.92. The molecule has 3 nitrogen and oxygen atoms in total. The van der Waals surface area contributed by atoms with Crippen molar-refractivity contribution in [3.63, 3.8) is 0 Å². The molecule has 0 radical (unpaired) electrons. The van der Waals surface area contributed by atoms with Gasteiger partial charge in [0.1, 0.15) is 6.61 Å². The van der Waals surface area contributed by atoms with Gasteiger partial charge < -0.3 is 14.6 Å². The lowest BCUT2D eigenvalue weighted by Gasteiger charge is -2.11. The Labute approximate surface area is 114 Å². The van der Waals surface area contributed by atoms with Gasteiger partial charge in [0, 0.05) is 4.47 Å². The molecule has 0 unspecified atom stereocenters. The smallest absolute Gasteiger partial charge is 0.200 e. The monoisotopic (exact) mass is 308 g/mol. The van der Waals surface area contributed by atoms with Gasteiger partial charge >= 0.3 is 0 Å². The minimum absolute atomic E-state index is 0.0108. The summed E-state index contributed by atoms with van der Waals surface area (Å²) >= 11 is 3.34. The number of hydrogen-bond acceptors (Lipinski definition) is 3. The lowest BCUT2D eigenvalue weighted by Crippen LogP contribution is -1.96. The van der Waals surface area contributed by atoms with E-state index in [-0.39, 0.29) is 5.75 Å². The highest BCUT2D eigenvalue weighted by atomic mass is 79.9. The quantitative estimate of drug-likeness (QED) is 0.935. The number of hydrogen-bond donors (Lipinski definition) is 1. The highest BCUT2D eigenvalue weighted by molar-refractivity contribution is 9.10. The van der Waals surface area contributed by atoms with E-state index >= 15 is 0 Å². The van der Waals surface area contributed by atoms with Crippen LogP contribution in [0.3, 0.4) is 0 Å². The zero-order valence-corrected chi connectivity index (χ0v) is 11.5. The van der Waals surface area contributed by atoms with E-state index in [0.29, 0.717) is 18.1 Å². The fourth-order valence-electron chi connectivity index (χ4n) is 1.55. The van der Waals surface area contributed by atoms with Gasteiger partial charge in [0.15, 0.2) is 11.5 Å². The lowest BCUT2D eigenvalue weighted by atomic mass is 10.2. The molecule has 0 aliphatic heterocycles. The van der Waals surface area contributed by atoms with E-state index in [1.807, 2.05) is 30.3 Å². The fraction of sp³-hybridized carbons (Fsp3) is 0.143. The molecular formula is C14H13BrO3. The summed E-state index contributed by atoms with van der Waals surface area (Å²) in [4.78, 5) is 0. The van der Waals surface area contributed by atoms with E-state index in [1.54, 1.807) is 12.1 Å². The molecule has 0 atom stereocenters. The van der Waals surface area contributed by atoms with Gasteiger partial charge in [-0.1, -0.05) is 46.3 Å². The molecule has 0 heterocycles. The average Bonchev–Trinajstić information content (AvgIpc) is 2.40. The second-order valence-corrected chi connectivity index (χ2v) is 4.64. The Morgan fingerprint density at radius 3 is 2.44 bits per heavy atom. The minimum atomic E-state index is 0.0108. The van der Waals surface area contributed by atoms with E-state index in [9.17, 15) is 5.11 Å². The maximum Gasteiger partial charge on any atom is 0.200 e. The summed E-state index contributed by atoms with van der Waals surface area (Å²) in [5.74, 6) is 0.786. The Balaban J connectivity index is 2.17. The zero-order chi connectivity index (χ0) is 13.0. The predicted molar refractivity (Wildman–Crippen MR) is 73.1 cm³/mol. The van der Waals surface area contributed by atoms with Crippen molar-refractivity contribution < 1.29 is 14.6 Å². The zero-order valence-electron chi connectivity index (χ0n) is 9.89. The Morgan fingerprint density at radius 1 is 1.11 bits per heavy atom. The normalized spacial score (nSPS) is 10.1. The molecule has 0 aliphatic carbocycles. The van der Waals surface area contributed by atoms with Crippen molar-refractivity contribution in [1.29, 1.82) is 0 Å². The molecule has 0 amide bonds. The number of phenols is 1. The summed E-state index contributed by atoms with van der Waals surface area (Å²) in [6.45, 7) is 0.397. The first-order valence-corrected chi connectivity index (χ1v) is 6.23. The van der Waals surface area contributed by atoms with Gasteiger partial charge in [-0.05, 0) is 17.7 Å². The maximum atomic E-state index is 9.92. The SMILES string of the molecule is COc1cc(Br)cc(OCc2ccccc2)c1O. The number of phenolic OH excluding ortho intramolecular Hbond substituents is 1. The standard InChI is InChI=1S/C14H13BrO3/c1-17-12-7-11(15)8-13(14(12)16)18-9-10-5-3-2-4-6-10/h2-8,16H,9H2,1H3. The molecule has 94 valence electrons. The molecule has 0 fully saturated rings. The summed E-state index contributed by atoms with van der Waals surface area (Å²) in [6.07, 6.45) is 0. The molecule has 0 aliphatic rings. The number of rotatable bonds is 4. The van der Waals surface area contributed by atoms with Crippen LogP contribution in [0.15, 0.2) is 46.9 Å². The molecule has 1 N–H and O–H groups in total. The van der Waals surface area contributed by atoms with Crippen molar-refractivity contribution in [2.45, 2.75) is 6.61 Å². The summed E-state index contributed by atoms with van der Waals surface area (Å²) in [5, 5.41) is 9.92. The van der Waals surface area contributed by atoms with Gasteiger partial charge in [-0.15, -0.1) is 0 Å². The molecule has 2 aromatic rings. The van der Waals surface area contributed by atoms with Gasteiger partial charge in [-0.25, -0.2) is 0 Å². The summed E-state index contributed by atoms with van der Waals surface area (Å²) in [6, 6.07) is 13.2. The van der Waals surface area contributed by atoms with Gasteiger partial charge in [-0.2, -0.15) is 0 Å². The Morgan fingerprint density at radius 2 is 1.78 bits per heavy atom. The van der Waals surface area contributed by atoms with Crippen LogP contribution < -0.4 is 9.47 Å². The van der Waals surface area contributed by atoms with Crippen LogP contribution in [-0.4, -0.2) is 12.2 Å². The maximum absolute atomic E-state index is 9.92. The van der Waals surface area contributed by atoms with Crippen LogP contribution in [0.4, 0.5) is 0 Å². The van der Waals surface area contributed by atoms with Crippen LogP contribution in [0, 0.1) is 0 Å². The fourth-order valence-corrected chi connectivity index (χ4v) is 1.97. The molecule has 0 aromatic heterocycles. The van der Waals surface area contributed by atoms with Crippen LogP contribution in [-0.2, 0) is 6.61 Å². The van der Waals surface area contributed by atoms with E-state index in [2.05, 4.69) is 15.9 Å². The van der Waals surface area contributed by atoms with Crippen molar-refractivity contribution in [3.8, 4) is 17.2 Å². The highest BCUT2D eigenvalue weighted by Gasteiger charge is 2.11. The lowest BCUT2D eigenvalue weighted by molar-refractivity contribution is 0.281. The molecule has 0 spiro atoms. The second kappa shape index (κ2) is 5.78. The van der Waals surface area contributed by atoms with Crippen molar-refractivity contribution >= 4 is 15.9 Å². The third-order valence-electron chi connectivity index (χ3n) is 2.46. The van der Waals surface area contributed by atoms with Crippen molar-refractivity contribution in [2.75, 3.05) is 7.11 Å². The molecule has 2 aromatic carbocycles. The second-order valence-electron chi connectivity index (χ2n) is 3.73. The Bertz CT molecular complexity index is 526. The number of benzene rings is 2. The highest BCUT2D eigenvalue weighted by Crippen LogP contribution is 2.39. The minimum Gasteiger partial charge on any atom is -0.502 e. The van der Waals surface area contributed by atoms with Crippen molar-refractivity contribution in [3.05, 3.63) is 52.5 Å². The number of ether oxygens (including phenoxy) is 2. The predicted octanol–water partition coefficient (Wildman–Crippen LogP) is 3.74. The molecule has 0 saturated carbocycles. The molecule has 0 saturated heterocycles. The summed E-state index contributed by atoms with van der Waals surface area (Å²) in [5.41, 5.74) is 1.04. The first-order chi connectivity index (χ1) is 8.70. The third kappa shape index (κ3) is 2.96. The van der Waals surface area contributed by atoms with Crippen molar-refractivity contribution in [1.82, 2.24) is 0 Å². The summed E-state index contributed by atoms with van der Waals surface area (Å²) in [7, 11) is 1.50. The van der Waals surface area contributed by atoms with Crippen LogP contribution in [0.1, 0.15) is 5.56 Å².